The first-order valence-electron chi connectivity index (χ1n) is 35.7. The highest BCUT2D eigenvalue weighted by molar-refractivity contribution is 6.00. The Kier molecular flexibility index (Phi) is 44.2. The number of ketones is 1. The molecule has 0 radical (unpaired) electrons. The monoisotopic (exact) mass is 1570 g/mol. The van der Waals surface area contributed by atoms with E-state index < -0.39 is 46.3 Å². The Morgan fingerprint density at radius 1 is 0.393 bits per heavy atom. The third kappa shape index (κ3) is 43.3. The number of carbonyl (C=O) groups excluding carboxylic acids is 6. The van der Waals surface area contributed by atoms with Gasteiger partial charge in [0.15, 0.2) is 5.78 Å². The molecule has 112 heavy (non-hydrogen) atoms. The molecule has 5 unspecified atom stereocenters. The van der Waals surface area contributed by atoms with Crippen LogP contribution in [0.15, 0.2) is 180 Å². The van der Waals surface area contributed by atoms with Crippen LogP contribution in [-0.2, 0) is 44.7 Å². The molecule has 7 rings (SSSR count). The van der Waals surface area contributed by atoms with Crippen LogP contribution >= 0.6 is 12.4 Å². The van der Waals surface area contributed by atoms with E-state index in [1.165, 1.54) is 43.5 Å². The van der Waals surface area contributed by atoms with Gasteiger partial charge in [0.05, 0.1) is 66.5 Å². The summed E-state index contributed by atoms with van der Waals surface area (Å²) in [5, 5.41) is 66.9. The number of aromatic carboxylic acids is 4. The van der Waals surface area contributed by atoms with Gasteiger partial charge in [0.1, 0.15) is 28.7 Å². The second kappa shape index (κ2) is 49.1. The van der Waals surface area contributed by atoms with Gasteiger partial charge in [0.25, 0.3) is 0 Å². The molecule has 7 aromatic rings. The minimum Gasteiger partial charge on any atom is -0.478 e. The van der Waals surface area contributed by atoms with E-state index in [1.807, 2.05) is 197 Å². The molecule has 0 saturated heterocycles. The van der Waals surface area contributed by atoms with Crippen molar-refractivity contribution in [3.8, 4) is 0 Å². The molecule has 0 fully saturated rings. The average Bonchev–Trinajstić information content (AvgIpc) is 0.862. The molecule has 608 valence electrons. The number of Topliss-reactive ketones (excluding diaryl/α,β-unsaturated/α-hetero) is 1. The first-order chi connectivity index (χ1) is 51.5. The zero-order chi connectivity index (χ0) is 84.7. The van der Waals surface area contributed by atoms with Gasteiger partial charge in [0, 0.05) is 17.2 Å². The zero-order valence-electron chi connectivity index (χ0n) is 67.5. The van der Waals surface area contributed by atoms with Gasteiger partial charge in [-0.3, -0.25) is 28.8 Å². The lowest BCUT2D eigenvalue weighted by Gasteiger charge is -2.21. The highest BCUT2D eigenvalue weighted by Crippen LogP contribution is 2.27. The van der Waals surface area contributed by atoms with Crippen molar-refractivity contribution in [1.29, 1.82) is 0 Å². The number of oxime groups is 2. The van der Waals surface area contributed by atoms with Gasteiger partial charge < -0.3 is 60.6 Å². The molecule has 25 heteroatoms. The van der Waals surface area contributed by atoms with Crippen LogP contribution in [0.25, 0.3) is 0 Å². The second-order valence-corrected chi connectivity index (χ2v) is 30.0. The first kappa shape index (κ1) is 101. The Labute approximate surface area is 663 Å². The highest BCUT2D eigenvalue weighted by atomic mass is 35.5. The number of rotatable bonds is 22. The van der Waals surface area contributed by atoms with E-state index in [1.54, 1.807) is 67.6 Å². The molecule has 5 atom stereocenters. The number of ether oxygens (including phenoxy) is 4. The molecule has 0 aliphatic heterocycles. The number of nitrogens with two attached hydrogens (primary N) is 1. The molecule has 24 nitrogen and oxygen atoms in total. The molecule has 0 aromatic heterocycles. The number of carbonyl (C=O) groups is 10. The summed E-state index contributed by atoms with van der Waals surface area (Å²) in [5.41, 5.74) is 13.0. The van der Waals surface area contributed by atoms with Crippen molar-refractivity contribution in [1.82, 2.24) is 0 Å². The molecule has 0 aliphatic carbocycles. The summed E-state index contributed by atoms with van der Waals surface area (Å²) < 4.78 is 21.1. The number of benzene rings is 7. The van der Waals surface area contributed by atoms with Crippen LogP contribution in [0, 0.1) is 0 Å². The first-order valence-corrected chi connectivity index (χ1v) is 35.7. The van der Waals surface area contributed by atoms with E-state index in [-0.39, 0.29) is 107 Å². The van der Waals surface area contributed by atoms with Crippen LogP contribution in [0.4, 0.5) is 0 Å². The number of halogens is 1. The summed E-state index contributed by atoms with van der Waals surface area (Å²) in [6.45, 7) is 34.8. The van der Waals surface area contributed by atoms with E-state index in [4.69, 9.17) is 60.6 Å². The smallest absolute Gasteiger partial charge is 0.335 e. The number of carboxylic acids is 4. The zero-order valence-corrected chi connectivity index (χ0v) is 68.3. The van der Waals surface area contributed by atoms with E-state index in [9.17, 15) is 47.9 Å². The third-order valence-corrected chi connectivity index (χ3v) is 15.1. The number of hydrogen-bond acceptors (Lipinski definition) is 20. The summed E-state index contributed by atoms with van der Waals surface area (Å²) in [6, 6.07) is 47.9. The largest absolute Gasteiger partial charge is 0.478 e. The molecule has 9 N–H and O–H groups in total. The maximum Gasteiger partial charge on any atom is 0.335 e. The van der Waals surface area contributed by atoms with Gasteiger partial charge in [0.2, 0.25) is 0 Å². The fourth-order valence-corrected chi connectivity index (χ4v) is 9.69. The van der Waals surface area contributed by atoms with Gasteiger partial charge in [-0.25, -0.2) is 19.2 Å². The van der Waals surface area contributed by atoms with Crippen LogP contribution in [0.1, 0.15) is 294 Å². The van der Waals surface area contributed by atoms with Crippen molar-refractivity contribution in [3.05, 3.63) is 248 Å². The Morgan fingerprint density at radius 3 is 0.991 bits per heavy atom. The van der Waals surface area contributed by atoms with E-state index in [0.29, 0.717) is 41.7 Å². The van der Waals surface area contributed by atoms with Crippen molar-refractivity contribution < 1.29 is 103 Å². The normalized spacial score (nSPS) is 12.3. The number of hydrogen-bond donors (Lipinski definition) is 8. The van der Waals surface area contributed by atoms with Gasteiger partial charge in [-0.2, -0.15) is 0 Å². The summed E-state index contributed by atoms with van der Waals surface area (Å²) in [5.74, 6) is -4.80. The average molecular weight is 1570 g/mol. The Morgan fingerprint density at radius 2 is 0.670 bits per heavy atom. The van der Waals surface area contributed by atoms with Gasteiger partial charge >= 0.3 is 47.8 Å². The number of carboxylic acid groups (broad SMARTS) is 4. The lowest BCUT2D eigenvalue weighted by Crippen LogP contribution is -2.24. The van der Waals surface area contributed by atoms with Gasteiger partial charge in [-0.15, -0.1) is 12.4 Å². The molecule has 0 spiro atoms. The lowest BCUT2D eigenvalue weighted by atomic mass is 9.96. The topological polar surface area (TPSA) is 400 Å². The molecule has 0 heterocycles. The molecule has 0 saturated carbocycles. The molecular formula is C87H112ClN3O21. The number of aldehydes is 1. The predicted molar refractivity (Wildman–Crippen MR) is 433 cm³/mol. The predicted octanol–water partition coefficient (Wildman–Crippen LogP) is 17.9. The van der Waals surface area contributed by atoms with Crippen molar-refractivity contribution in [2.24, 2.45) is 16.0 Å². The van der Waals surface area contributed by atoms with Crippen LogP contribution in [0.5, 0.6) is 0 Å². The summed E-state index contributed by atoms with van der Waals surface area (Å²) in [7, 11) is 0. The fraction of sp³-hybridized carbons (Fsp3) is 0.379. The quantitative estimate of drug-likeness (QED) is 0.00594. The third-order valence-electron chi connectivity index (χ3n) is 15.1. The molecule has 7 aromatic carbocycles. The fourth-order valence-electron chi connectivity index (χ4n) is 9.69. The molecule has 0 amide bonds. The van der Waals surface area contributed by atoms with Crippen molar-refractivity contribution in [2.75, 3.05) is 0 Å². The molecular weight excluding hydrogens is 1460 g/mol. The van der Waals surface area contributed by atoms with Crippen LogP contribution in [0.2, 0.25) is 0 Å². The summed E-state index contributed by atoms with van der Waals surface area (Å²) >= 11 is 0. The van der Waals surface area contributed by atoms with E-state index in [2.05, 4.69) is 10.3 Å². The molecule has 0 aliphatic rings. The van der Waals surface area contributed by atoms with Gasteiger partial charge in [-0.05, 0) is 233 Å². The standard InChI is InChI=1S/C15H21NO3.C15H20O4.C15H22O3.C15H20O3.C9H9NO3.C9H11NO2.C9H8O3.ClH/c1-11(8-14(17)19-15(2,3)4)13-7-5-6-12(9-13)10-16-18;1-10(8-13(16)19-15(2,3)4)11-6-5-7-12(9-11)14(17)18;2*1-11(8-14(17)18-15(2,3)4)13-7-5-6-12(9-13)10-16;1-6(10-13)7-3-2-4-8(5-7)9(11)12;2*1-6(10)7-3-2-4-8(5-7)9(11)12;/h5-7,9-11,18H,8H2,1-4H3;5-7,9-10H,8H2,1-4H3,(H,17,18);5-7,9,11,16H,8,10H2,1-4H3;5-7,9-11H,8H2,1-4H3;2-5,13H,1H3,(H,11,12);2-6H,10H2,1H3,(H,11,12);2-5H,1H3,(H,11,12);1H. The summed E-state index contributed by atoms with van der Waals surface area (Å²) in [6.07, 6.45) is 3.41. The summed E-state index contributed by atoms with van der Waals surface area (Å²) in [4.78, 5) is 111. The van der Waals surface area contributed by atoms with Crippen LogP contribution in [0.3, 0.4) is 0 Å². The Hall–Kier alpha value is -11.2. The number of aliphatic hydroxyl groups excluding tert-OH is 1. The van der Waals surface area contributed by atoms with E-state index in [0.717, 1.165) is 45.2 Å². The second-order valence-electron chi connectivity index (χ2n) is 30.0. The van der Waals surface area contributed by atoms with Crippen molar-refractivity contribution in [2.45, 2.75) is 216 Å². The maximum absolute atomic E-state index is 11.8. The van der Waals surface area contributed by atoms with Crippen LogP contribution < -0.4 is 5.73 Å². The van der Waals surface area contributed by atoms with Crippen molar-refractivity contribution in [3.63, 3.8) is 0 Å². The van der Waals surface area contributed by atoms with Crippen molar-refractivity contribution >= 4 is 84.2 Å². The highest BCUT2D eigenvalue weighted by Gasteiger charge is 2.24. The molecule has 0 bridgehead atoms. The SMILES string of the molecule is CC(=NO)c1cccc(C(=O)O)c1.CC(=O)c1cccc(C(=O)O)c1.CC(CC(=O)OC(C)(C)C)c1cccc(C(=O)O)c1.CC(CC(=O)OC(C)(C)C)c1cccc(C=NO)c1.CC(CC(=O)OC(C)(C)C)c1cccc(C=O)c1.CC(CC(=O)OC(C)(C)C)c1cccc(CO)c1.CC(N)c1cccc(C(=O)O)c1.Cl. The maximum atomic E-state index is 11.8. The minimum atomic E-state index is -1.02. The minimum absolute atomic E-state index is 0. The van der Waals surface area contributed by atoms with Gasteiger partial charge in [-0.1, -0.05) is 147 Å². The Balaban J connectivity index is 0.00000129. The Bertz CT molecular complexity index is 4240. The number of aliphatic hydroxyl groups is 1. The lowest BCUT2D eigenvalue weighted by molar-refractivity contribution is -0.156. The van der Waals surface area contributed by atoms with E-state index >= 15 is 0 Å². The number of esters is 4. The van der Waals surface area contributed by atoms with Crippen LogP contribution in [-0.4, -0.2) is 130 Å². The number of nitrogens with zero attached hydrogens (tertiary/aromatic N) is 2.